The smallest absolute Gasteiger partial charge is 0.252 e. The molecule has 34 valence electrons. The summed E-state index contributed by atoms with van der Waals surface area (Å²) in [6.45, 7) is 1.16. The summed E-state index contributed by atoms with van der Waals surface area (Å²) >= 11 is 1.74. The monoisotopic (exact) mass is 104 g/mol. The highest BCUT2D eigenvalue weighted by atomic mass is 32.2. The van der Waals surface area contributed by atoms with Crippen molar-refractivity contribution in [1.29, 1.82) is 0 Å². The molecular weight excluding hydrogens is 96.1 g/mol. The van der Waals surface area contributed by atoms with E-state index in [1.165, 1.54) is 5.75 Å². The van der Waals surface area contributed by atoms with E-state index in [0.717, 1.165) is 11.7 Å². The van der Waals surface area contributed by atoms with Crippen LogP contribution in [0.5, 0.6) is 0 Å². The molecule has 0 amide bonds. The van der Waals surface area contributed by atoms with Gasteiger partial charge in [-0.15, -0.1) is 0 Å². The van der Waals surface area contributed by atoms with Crippen LogP contribution in [0.15, 0.2) is 0 Å². The molecule has 1 heterocycles. The molecule has 0 aromatic heterocycles. The molecule has 1 rings (SSSR count). The third kappa shape index (κ3) is 0.725. The van der Waals surface area contributed by atoms with Gasteiger partial charge in [0.05, 0.1) is 12.3 Å². The highest BCUT2D eigenvalue weighted by Crippen LogP contribution is 1.94. The average Bonchev–Trinajstić information content (AvgIpc) is 1.86. The van der Waals surface area contributed by atoms with E-state index in [2.05, 4.69) is 5.32 Å². The first-order valence-corrected chi connectivity index (χ1v) is 2.96. The van der Waals surface area contributed by atoms with Crippen LogP contribution >= 0.6 is 11.8 Å². The first-order valence-electron chi connectivity index (χ1n) is 1.98. The summed E-state index contributed by atoms with van der Waals surface area (Å²) in [6, 6.07) is 0. The number of rotatable bonds is 0. The molecule has 0 aliphatic carbocycles. The summed E-state index contributed by atoms with van der Waals surface area (Å²) in [5.41, 5.74) is 0. The van der Waals surface area contributed by atoms with Gasteiger partial charge in [0.15, 0.2) is 0 Å². The summed E-state index contributed by atoms with van der Waals surface area (Å²) in [5, 5.41) is 8.41. The van der Waals surface area contributed by atoms with Gasteiger partial charge in [0.1, 0.15) is 0 Å². The van der Waals surface area contributed by atoms with E-state index in [1.807, 2.05) is 0 Å². The Balaban J connectivity index is 2.37. The second kappa shape index (κ2) is 1.62. The minimum Gasteiger partial charge on any atom is -0.252 e. The summed E-state index contributed by atoms with van der Waals surface area (Å²) in [7, 11) is 0. The molecule has 4 N–H and O–H groups in total. The molecule has 0 atom stereocenters. The van der Waals surface area contributed by atoms with Gasteiger partial charge in [0.2, 0.25) is 0 Å². The summed E-state index contributed by atoms with van der Waals surface area (Å²) in [4.78, 5) is 0. The Morgan fingerprint density at radius 2 is 2.67 bits per heavy atom. The fourth-order valence-electron chi connectivity index (χ4n) is 0.437. The molecule has 1 saturated heterocycles. The SMILES string of the molecule is [NH2+]=C1[NH2+]CCS1. The molecule has 0 spiro atoms. The van der Waals surface area contributed by atoms with Crippen molar-refractivity contribution in [2.45, 2.75) is 0 Å². The molecule has 0 saturated carbocycles. The molecule has 0 unspecified atom stereocenters. The van der Waals surface area contributed by atoms with Crippen molar-refractivity contribution in [1.82, 2.24) is 0 Å². The molecule has 1 aliphatic rings. The number of hydrogen-bond acceptors (Lipinski definition) is 1. The van der Waals surface area contributed by atoms with E-state index in [0.29, 0.717) is 0 Å². The van der Waals surface area contributed by atoms with Gasteiger partial charge < -0.3 is 0 Å². The predicted molar refractivity (Wildman–Crippen MR) is 26.2 cm³/mol. The third-order valence-electron chi connectivity index (χ3n) is 0.732. The van der Waals surface area contributed by atoms with Crippen LogP contribution in [0.25, 0.3) is 0 Å². The molecule has 0 radical (unpaired) electrons. The first kappa shape index (κ1) is 4.15. The number of amidine groups is 1. The first-order chi connectivity index (χ1) is 2.89. The Bertz CT molecular complexity index is 63.2. The topological polar surface area (TPSA) is 42.2 Å². The van der Waals surface area contributed by atoms with Crippen molar-refractivity contribution in [2.75, 3.05) is 12.3 Å². The van der Waals surface area contributed by atoms with Gasteiger partial charge in [-0.25, -0.2) is 5.41 Å². The van der Waals surface area contributed by atoms with Crippen molar-refractivity contribution in [3.8, 4) is 0 Å². The molecule has 0 aromatic carbocycles. The summed E-state index contributed by atoms with van der Waals surface area (Å²) in [5.74, 6) is 1.19. The minimum absolute atomic E-state index is 0.995. The Labute approximate surface area is 40.8 Å². The molecule has 3 heteroatoms. The van der Waals surface area contributed by atoms with E-state index < -0.39 is 0 Å². The van der Waals surface area contributed by atoms with E-state index in [1.54, 1.807) is 11.8 Å². The lowest BCUT2D eigenvalue weighted by Crippen LogP contribution is -2.90. The standard InChI is InChI=1S/C3H6N2S/c4-3-5-1-2-6-3/h1-2H2,(H2,4,5)/p+2. The Kier molecular flexibility index (Phi) is 1.12. The van der Waals surface area contributed by atoms with E-state index in [-0.39, 0.29) is 0 Å². The lowest BCUT2D eigenvalue weighted by molar-refractivity contribution is -0.550. The zero-order chi connectivity index (χ0) is 4.41. The van der Waals surface area contributed by atoms with E-state index in [9.17, 15) is 0 Å². The van der Waals surface area contributed by atoms with Crippen LogP contribution in [-0.4, -0.2) is 17.5 Å². The normalized spacial score (nSPS) is 22.3. The molecule has 0 bridgehead atoms. The maximum Gasteiger partial charge on any atom is 0.394 e. The maximum absolute atomic E-state index is 5.36. The van der Waals surface area contributed by atoms with E-state index in [4.69, 9.17) is 5.41 Å². The van der Waals surface area contributed by atoms with Crippen LogP contribution < -0.4 is 10.7 Å². The average molecular weight is 104 g/mol. The number of thioether (sulfide) groups is 1. The molecule has 1 fully saturated rings. The molecule has 0 aromatic rings. The second-order valence-electron chi connectivity index (χ2n) is 1.24. The Morgan fingerprint density at radius 3 is 2.83 bits per heavy atom. The quantitative estimate of drug-likeness (QED) is 0.348. The lowest BCUT2D eigenvalue weighted by Gasteiger charge is -1.69. The highest BCUT2D eigenvalue weighted by molar-refractivity contribution is 8.13. The van der Waals surface area contributed by atoms with Crippen molar-refractivity contribution < 1.29 is 10.7 Å². The van der Waals surface area contributed by atoms with Gasteiger partial charge in [0.25, 0.3) is 0 Å². The Morgan fingerprint density at radius 1 is 1.83 bits per heavy atom. The van der Waals surface area contributed by atoms with Gasteiger partial charge in [-0.3, -0.25) is 5.32 Å². The zero-order valence-corrected chi connectivity index (χ0v) is 4.29. The van der Waals surface area contributed by atoms with Crippen LogP contribution in [-0.2, 0) is 0 Å². The van der Waals surface area contributed by atoms with Crippen LogP contribution in [0.1, 0.15) is 0 Å². The van der Waals surface area contributed by atoms with Gasteiger partial charge in [-0.1, -0.05) is 0 Å². The number of nitrogens with two attached hydrogens (primary N) is 2. The van der Waals surface area contributed by atoms with Gasteiger partial charge in [-0.2, -0.15) is 0 Å². The molecule has 6 heavy (non-hydrogen) atoms. The second-order valence-corrected chi connectivity index (χ2v) is 2.41. The number of quaternary nitrogens is 1. The molecule has 1 aliphatic heterocycles. The predicted octanol–water partition coefficient (Wildman–Crippen LogP) is -2.59. The van der Waals surface area contributed by atoms with Crippen molar-refractivity contribution >= 4 is 16.9 Å². The van der Waals surface area contributed by atoms with Gasteiger partial charge in [-0.05, 0) is 0 Å². The molecular formula is C3H8N2S+2. The van der Waals surface area contributed by atoms with Crippen molar-refractivity contribution in [3.63, 3.8) is 0 Å². The fraction of sp³-hybridized carbons (Fsp3) is 0.667. The van der Waals surface area contributed by atoms with Crippen LogP contribution in [0.2, 0.25) is 0 Å². The van der Waals surface area contributed by atoms with Crippen LogP contribution in [0.4, 0.5) is 0 Å². The summed E-state index contributed by atoms with van der Waals surface area (Å²) < 4.78 is 0. The highest BCUT2D eigenvalue weighted by Gasteiger charge is 2.14. The van der Waals surface area contributed by atoms with Gasteiger partial charge >= 0.3 is 5.17 Å². The fourth-order valence-corrected chi connectivity index (χ4v) is 1.14. The van der Waals surface area contributed by atoms with Gasteiger partial charge in [0, 0.05) is 11.8 Å². The summed E-state index contributed by atoms with van der Waals surface area (Å²) in [6.07, 6.45) is 0. The lowest BCUT2D eigenvalue weighted by atomic mass is 10.8. The number of hydrogen-bond donors (Lipinski definition) is 2. The zero-order valence-electron chi connectivity index (χ0n) is 3.48. The van der Waals surface area contributed by atoms with Crippen molar-refractivity contribution in [2.24, 2.45) is 0 Å². The van der Waals surface area contributed by atoms with Crippen LogP contribution in [0, 0.1) is 0 Å². The maximum atomic E-state index is 5.36. The Hall–Kier alpha value is -0.0200. The largest absolute Gasteiger partial charge is 0.394 e. The minimum atomic E-state index is 0.995. The van der Waals surface area contributed by atoms with Crippen LogP contribution in [0.3, 0.4) is 0 Å². The van der Waals surface area contributed by atoms with Crippen molar-refractivity contribution in [3.05, 3.63) is 0 Å². The third-order valence-corrected chi connectivity index (χ3v) is 1.67. The van der Waals surface area contributed by atoms with E-state index >= 15 is 0 Å². The molecule has 2 nitrogen and oxygen atoms in total.